The Morgan fingerprint density at radius 2 is 1.97 bits per heavy atom. The molecule has 0 bridgehead atoms. The van der Waals surface area contributed by atoms with Crippen LogP contribution >= 0.6 is 0 Å². The minimum Gasteiger partial charge on any atom is -0.327 e. The molecule has 8 heteroatoms. The van der Waals surface area contributed by atoms with E-state index in [0.29, 0.717) is 17.8 Å². The minimum absolute atomic E-state index is 0.00317. The van der Waals surface area contributed by atoms with Crippen molar-refractivity contribution in [1.82, 2.24) is 9.47 Å². The molecular weight excluding hydrogens is 400 g/mol. The molecule has 0 aromatic carbocycles. The second-order valence-corrected chi connectivity index (χ2v) is 10.7. The van der Waals surface area contributed by atoms with Gasteiger partial charge in [-0.25, -0.2) is 8.42 Å². The van der Waals surface area contributed by atoms with Crippen LogP contribution in [0.4, 0.5) is 5.82 Å². The highest BCUT2D eigenvalue weighted by atomic mass is 32.2. The largest absolute Gasteiger partial charge is 0.327 e. The van der Waals surface area contributed by atoms with Crippen LogP contribution in [0.5, 0.6) is 0 Å². The number of nitriles is 1. The quantitative estimate of drug-likeness (QED) is 0.700. The van der Waals surface area contributed by atoms with Crippen molar-refractivity contribution >= 4 is 21.6 Å². The van der Waals surface area contributed by atoms with Crippen LogP contribution in [0.1, 0.15) is 61.4 Å². The standard InChI is InChI=1S/C22H30N4O3S/c1-4-11-25(19-10-12-30(28,29)15-19)14-21(27)24-22-20(13-23)16(2)17(3)26(22)18-8-6-5-7-9-18/h1,18-19H,5-12,14-15H2,2-3H3,(H,24,27). The lowest BCUT2D eigenvalue weighted by Crippen LogP contribution is -2.42. The molecule has 30 heavy (non-hydrogen) atoms. The summed E-state index contributed by atoms with van der Waals surface area (Å²) in [6, 6.07) is 2.28. The van der Waals surface area contributed by atoms with Gasteiger partial charge in [0.15, 0.2) is 9.84 Å². The monoisotopic (exact) mass is 430 g/mol. The van der Waals surface area contributed by atoms with Gasteiger partial charge in [0.1, 0.15) is 11.9 Å². The molecule has 1 saturated carbocycles. The molecule has 2 heterocycles. The Morgan fingerprint density at radius 1 is 1.27 bits per heavy atom. The predicted octanol–water partition coefficient (Wildman–Crippen LogP) is 2.54. The molecule has 1 unspecified atom stereocenters. The van der Waals surface area contributed by atoms with E-state index >= 15 is 0 Å². The molecule has 1 N–H and O–H groups in total. The fraction of sp³-hybridized carbons (Fsp3) is 0.636. The van der Waals surface area contributed by atoms with Crippen molar-refractivity contribution in [2.45, 2.75) is 64.5 Å². The third kappa shape index (κ3) is 4.71. The van der Waals surface area contributed by atoms with Gasteiger partial charge in [-0.3, -0.25) is 9.69 Å². The molecule has 1 amide bonds. The van der Waals surface area contributed by atoms with Gasteiger partial charge in [0, 0.05) is 17.8 Å². The summed E-state index contributed by atoms with van der Waals surface area (Å²) in [6.45, 7) is 4.12. The summed E-state index contributed by atoms with van der Waals surface area (Å²) in [5.41, 5.74) is 2.40. The molecule has 1 aliphatic carbocycles. The van der Waals surface area contributed by atoms with Crippen LogP contribution in [-0.4, -0.2) is 54.4 Å². The Hall–Kier alpha value is -2.29. The summed E-state index contributed by atoms with van der Waals surface area (Å²) in [5, 5.41) is 12.7. The second kappa shape index (κ2) is 9.24. The Balaban J connectivity index is 1.82. The van der Waals surface area contributed by atoms with Crippen molar-refractivity contribution in [2.75, 3.05) is 29.9 Å². The molecule has 1 aromatic heterocycles. The van der Waals surface area contributed by atoms with Crippen LogP contribution in [0, 0.1) is 37.5 Å². The average Bonchev–Trinajstić information content (AvgIpc) is 3.18. The maximum atomic E-state index is 12.9. The highest BCUT2D eigenvalue weighted by molar-refractivity contribution is 7.91. The summed E-state index contributed by atoms with van der Waals surface area (Å²) in [4.78, 5) is 14.7. The lowest BCUT2D eigenvalue weighted by atomic mass is 9.95. The molecule has 1 atom stereocenters. The Morgan fingerprint density at radius 3 is 2.53 bits per heavy atom. The van der Waals surface area contributed by atoms with Gasteiger partial charge in [0.25, 0.3) is 0 Å². The normalized spacial score (nSPS) is 21.3. The molecule has 0 radical (unpaired) electrons. The van der Waals surface area contributed by atoms with Gasteiger partial charge in [0.2, 0.25) is 5.91 Å². The van der Waals surface area contributed by atoms with E-state index in [1.165, 1.54) is 6.42 Å². The van der Waals surface area contributed by atoms with E-state index in [4.69, 9.17) is 6.42 Å². The van der Waals surface area contributed by atoms with Gasteiger partial charge in [-0.15, -0.1) is 6.42 Å². The number of amides is 1. The number of sulfone groups is 1. The van der Waals surface area contributed by atoms with E-state index in [0.717, 1.165) is 36.9 Å². The van der Waals surface area contributed by atoms with E-state index < -0.39 is 9.84 Å². The molecule has 0 spiro atoms. The number of hydrogen-bond donors (Lipinski definition) is 1. The molecule has 162 valence electrons. The van der Waals surface area contributed by atoms with E-state index in [9.17, 15) is 18.5 Å². The minimum atomic E-state index is -3.08. The number of terminal acetylenes is 1. The summed E-state index contributed by atoms with van der Waals surface area (Å²) >= 11 is 0. The van der Waals surface area contributed by atoms with Crippen molar-refractivity contribution in [3.63, 3.8) is 0 Å². The number of nitrogens with one attached hydrogen (secondary N) is 1. The first-order valence-electron chi connectivity index (χ1n) is 10.6. The van der Waals surface area contributed by atoms with Gasteiger partial charge in [-0.2, -0.15) is 5.26 Å². The van der Waals surface area contributed by atoms with Crippen molar-refractivity contribution in [3.05, 3.63) is 16.8 Å². The zero-order valence-electron chi connectivity index (χ0n) is 17.8. The smallest absolute Gasteiger partial charge is 0.239 e. The zero-order valence-corrected chi connectivity index (χ0v) is 18.6. The first-order chi connectivity index (χ1) is 14.3. The summed E-state index contributed by atoms with van der Waals surface area (Å²) < 4.78 is 25.8. The first kappa shape index (κ1) is 22.4. The first-order valence-corrected chi connectivity index (χ1v) is 12.4. The Labute approximate surface area is 179 Å². The summed E-state index contributed by atoms with van der Waals surface area (Å²) in [7, 11) is -3.08. The van der Waals surface area contributed by atoms with Crippen LogP contribution < -0.4 is 5.32 Å². The van der Waals surface area contributed by atoms with Crippen molar-refractivity contribution in [3.8, 4) is 18.4 Å². The van der Waals surface area contributed by atoms with Crippen LogP contribution in [0.3, 0.4) is 0 Å². The summed E-state index contributed by atoms with van der Waals surface area (Å²) in [6.07, 6.45) is 11.5. The van der Waals surface area contributed by atoms with Crippen molar-refractivity contribution in [1.29, 1.82) is 5.26 Å². The maximum absolute atomic E-state index is 12.9. The number of hydrogen-bond acceptors (Lipinski definition) is 5. The van der Waals surface area contributed by atoms with Crippen LogP contribution in [-0.2, 0) is 14.6 Å². The topological polar surface area (TPSA) is 95.2 Å². The molecular formula is C22H30N4O3S. The van der Waals surface area contributed by atoms with Gasteiger partial charge in [0.05, 0.1) is 30.2 Å². The third-order valence-electron chi connectivity index (χ3n) is 6.43. The van der Waals surface area contributed by atoms with Gasteiger partial charge < -0.3 is 9.88 Å². The number of rotatable bonds is 6. The van der Waals surface area contributed by atoms with Crippen LogP contribution in [0.2, 0.25) is 0 Å². The fourth-order valence-corrected chi connectivity index (χ4v) is 6.49. The van der Waals surface area contributed by atoms with Crippen LogP contribution in [0.15, 0.2) is 0 Å². The number of carbonyl (C=O) groups is 1. The van der Waals surface area contributed by atoms with Gasteiger partial charge in [-0.1, -0.05) is 25.2 Å². The number of nitrogens with zero attached hydrogens (tertiary/aromatic N) is 3. The third-order valence-corrected chi connectivity index (χ3v) is 8.18. The molecule has 1 aromatic rings. The van der Waals surface area contributed by atoms with Crippen molar-refractivity contribution < 1.29 is 13.2 Å². The molecule has 1 saturated heterocycles. The molecule has 7 nitrogen and oxygen atoms in total. The van der Waals surface area contributed by atoms with E-state index in [1.54, 1.807) is 4.90 Å². The van der Waals surface area contributed by atoms with Gasteiger partial charge >= 0.3 is 0 Å². The number of aromatic nitrogens is 1. The maximum Gasteiger partial charge on any atom is 0.239 e. The summed E-state index contributed by atoms with van der Waals surface area (Å²) in [5.74, 6) is 2.97. The highest BCUT2D eigenvalue weighted by Crippen LogP contribution is 2.36. The molecule has 2 aliphatic rings. The van der Waals surface area contributed by atoms with Crippen molar-refractivity contribution in [2.24, 2.45) is 0 Å². The van der Waals surface area contributed by atoms with E-state index in [2.05, 4.69) is 21.9 Å². The Bertz CT molecular complexity index is 991. The fourth-order valence-electron chi connectivity index (χ4n) is 4.73. The predicted molar refractivity (Wildman–Crippen MR) is 117 cm³/mol. The second-order valence-electron chi connectivity index (χ2n) is 8.42. The number of anilines is 1. The zero-order chi connectivity index (χ0) is 21.9. The van der Waals surface area contributed by atoms with Crippen LogP contribution in [0.25, 0.3) is 0 Å². The SMILES string of the molecule is C#CCN(CC(=O)Nc1c(C#N)c(C)c(C)n1C1CCCCC1)C1CCS(=O)(=O)C1. The highest BCUT2D eigenvalue weighted by Gasteiger charge is 2.33. The lowest BCUT2D eigenvalue weighted by molar-refractivity contribution is -0.117. The Kier molecular flexibility index (Phi) is 6.90. The van der Waals surface area contributed by atoms with E-state index in [1.807, 2.05) is 13.8 Å². The number of carbonyl (C=O) groups excluding carboxylic acids is 1. The molecule has 3 rings (SSSR count). The van der Waals surface area contributed by atoms with Gasteiger partial charge in [-0.05, 0) is 38.7 Å². The lowest BCUT2D eigenvalue weighted by Gasteiger charge is -2.28. The molecule has 1 aliphatic heterocycles. The average molecular weight is 431 g/mol. The van der Waals surface area contributed by atoms with E-state index in [-0.39, 0.29) is 42.6 Å². The molecule has 2 fully saturated rings.